The van der Waals surface area contributed by atoms with Crippen molar-refractivity contribution in [3.63, 3.8) is 0 Å². The zero-order chi connectivity index (χ0) is 9.97. The molecule has 1 aromatic carbocycles. The molecule has 0 amide bonds. The van der Waals surface area contributed by atoms with Crippen molar-refractivity contribution in [3.8, 4) is 0 Å². The van der Waals surface area contributed by atoms with Crippen molar-refractivity contribution in [2.45, 2.75) is 12.8 Å². The molecule has 0 saturated carbocycles. The summed E-state index contributed by atoms with van der Waals surface area (Å²) in [6, 6.07) is 3.26. The molecule has 0 saturated heterocycles. The van der Waals surface area contributed by atoms with Gasteiger partial charge in [0.2, 0.25) is 0 Å². The Morgan fingerprint density at radius 1 is 1.36 bits per heavy atom. The van der Waals surface area contributed by atoms with Crippen LogP contribution >= 0.6 is 15.9 Å². The standard InChI is InChI=1S/C11H11BrFN/c12-11-8-4-2-1-3-7-14-10(8)6-5-9(11)13/h2,4-6,14H,1,3,7H2/b4-2+. The van der Waals surface area contributed by atoms with E-state index >= 15 is 0 Å². The van der Waals surface area contributed by atoms with Gasteiger partial charge in [-0.1, -0.05) is 12.2 Å². The van der Waals surface area contributed by atoms with Crippen LogP contribution in [0, 0.1) is 5.82 Å². The summed E-state index contributed by atoms with van der Waals surface area (Å²) in [7, 11) is 0. The van der Waals surface area contributed by atoms with E-state index in [4.69, 9.17) is 0 Å². The molecule has 0 radical (unpaired) electrons. The van der Waals surface area contributed by atoms with Crippen LogP contribution in [0.2, 0.25) is 0 Å². The molecule has 0 fully saturated rings. The fraction of sp³-hybridized carbons (Fsp3) is 0.273. The lowest BCUT2D eigenvalue weighted by Gasteiger charge is -2.13. The Bertz CT molecular complexity index is 374. The highest BCUT2D eigenvalue weighted by atomic mass is 79.9. The summed E-state index contributed by atoms with van der Waals surface area (Å²) in [5.74, 6) is -0.212. The SMILES string of the molecule is Fc1ccc2c(c1Br)/C=C/CCCN2. The van der Waals surface area contributed by atoms with Crippen LogP contribution in [-0.2, 0) is 0 Å². The molecule has 1 aromatic rings. The van der Waals surface area contributed by atoms with E-state index in [1.165, 1.54) is 6.07 Å². The third-order valence-electron chi connectivity index (χ3n) is 2.28. The van der Waals surface area contributed by atoms with Crippen LogP contribution in [0.3, 0.4) is 0 Å². The number of fused-ring (bicyclic) bond motifs is 1. The zero-order valence-corrected chi connectivity index (χ0v) is 9.27. The van der Waals surface area contributed by atoms with E-state index < -0.39 is 0 Å². The second-order valence-electron chi connectivity index (χ2n) is 3.29. The first-order valence-electron chi connectivity index (χ1n) is 4.67. The van der Waals surface area contributed by atoms with Gasteiger partial charge in [0.25, 0.3) is 0 Å². The second kappa shape index (κ2) is 4.13. The average molecular weight is 256 g/mol. The summed E-state index contributed by atoms with van der Waals surface area (Å²) in [6.45, 7) is 0.940. The van der Waals surface area contributed by atoms with Gasteiger partial charge in [-0.15, -0.1) is 0 Å². The summed E-state index contributed by atoms with van der Waals surface area (Å²) in [5, 5.41) is 3.29. The smallest absolute Gasteiger partial charge is 0.138 e. The van der Waals surface area contributed by atoms with Gasteiger partial charge in [0.1, 0.15) is 5.82 Å². The summed E-state index contributed by atoms with van der Waals surface area (Å²) in [4.78, 5) is 0. The minimum absolute atomic E-state index is 0.212. The van der Waals surface area contributed by atoms with Crippen LogP contribution in [0.25, 0.3) is 6.08 Å². The van der Waals surface area contributed by atoms with Crippen molar-refractivity contribution < 1.29 is 4.39 Å². The molecule has 1 aliphatic heterocycles. The third-order valence-corrected chi connectivity index (χ3v) is 3.09. The Kier molecular flexibility index (Phi) is 2.87. The van der Waals surface area contributed by atoms with Gasteiger partial charge in [-0.25, -0.2) is 4.39 Å². The maximum Gasteiger partial charge on any atom is 0.138 e. The van der Waals surface area contributed by atoms with Gasteiger partial charge in [0.15, 0.2) is 0 Å². The lowest BCUT2D eigenvalue weighted by atomic mass is 10.1. The number of hydrogen-bond acceptors (Lipinski definition) is 1. The Morgan fingerprint density at radius 2 is 2.21 bits per heavy atom. The van der Waals surface area contributed by atoms with Crippen molar-refractivity contribution >= 4 is 27.7 Å². The number of rotatable bonds is 0. The molecular weight excluding hydrogens is 245 g/mol. The predicted octanol–water partition coefficient (Wildman–Crippen LogP) is 3.81. The van der Waals surface area contributed by atoms with Gasteiger partial charge < -0.3 is 5.32 Å². The van der Waals surface area contributed by atoms with Crippen molar-refractivity contribution in [2.75, 3.05) is 11.9 Å². The summed E-state index contributed by atoms with van der Waals surface area (Å²) < 4.78 is 13.8. The van der Waals surface area contributed by atoms with Gasteiger partial charge in [-0.05, 0) is 40.9 Å². The number of hydrogen-bond donors (Lipinski definition) is 1. The Labute approximate surface area is 91.1 Å². The molecular formula is C11H11BrFN. The fourth-order valence-corrected chi connectivity index (χ4v) is 2.01. The Morgan fingerprint density at radius 3 is 3.07 bits per heavy atom. The van der Waals surface area contributed by atoms with Crippen molar-refractivity contribution in [1.29, 1.82) is 0 Å². The van der Waals surface area contributed by atoms with Crippen LogP contribution in [-0.4, -0.2) is 6.54 Å². The van der Waals surface area contributed by atoms with Gasteiger partial charge in [-0.3, -0.25) is 0 Å². The molecule has 0 spiro atoms. The molecule has 3 heteroatoms. The van der Waals surface area contributed by atoms with Crippen molar-refractivity contribution in [2.24, 2.45) is 0 Å². The van der Waals surface area contributed by atoms with Gasteiger partial charge in [-0.2, -0.15) is 0 Å². The monoisotopic (exact) mass is 255 g/mol. The molecule has 0 atom stereocenters. The molecule has 1 heterocycles. The van der Waals surface area contributed by atoms with Crippen LogP contribution < -0.4 is 5.32 Å². The van der Waals surface area contributed by atoms with Crippen LogP contribution in [0.15, 0.2) is 22.7 Å². The third kappa shape index (κ3) is 1.82. The first kappa shape index (κ1) is 9.71. The molecule has 1 aliphatic rings. The number of benzene rings is 1. The van der Waals surface area contributed by atoms with E-state index in [2.05, 4.69) is 27.3 Å². The molecule has 14 heavy (non-hydrogen) atoms. The molecule has 0 unspecified atom stereocenters. The van der Waals surface area contributed by atoms with Crippen LogP contribution in [0.5, 0.6) is 0 Å². The van der Waals surface area contributed by atoms with Crippen LogP contribution in [0.4, 0.5) is 10.1 Å². The van der Waals surface area contributed by atoms with E-state index in [0.29, 0.717) is 4.47 Å². The molecule has 1 nitrogen and oxygen atoms in total. The zero-order valence-electron chi connectivity index (χ0n) is 7.69. The predicted molar refractivity (Wildman–Crippen MR) is 60.9 cm³/mol. The minimum atomic E-state index is -0.212. The maximum atomic E-state index is 13.2. The molecule has 0 bridgehead atoms. The van der Waals surface area contributed by atoms with E-state index in [9.17, 15) is 4.39 Å². The van der Waals surface area contributed by atoms with Gasteiger partial charge >= 0.3 is 0 Å². The molecule has 0 aliphatic carbocycles. The Hall–Kier alpha value is -0.830. The quantitative estimate of drug-likeness (QED) is 0.744. The second-order valence-corrected chi connectivity index (χ2v) is 4.09. The number of nitrogens with one attached hydrogen (secondary N) is 1. The number of halogens is 2. The topological polar surface area (TPSA) is 12.0 Å². The molecule has 74 valence electrons. The highest BCUT2D eigenvalue weighted by Gasteiger charge is 2.09. The first-order chi connectivity index (χ1) is 6.79. The highest BCUT2D eigenvalue weighted by molar-refractivity contribution is 9.10. The molecule has 1 N–H and O–H groups in total. The average Bonchev–Trinajstić information content (AvgIpc) is 2.13. The normalized spacial score (nSPS) is 17.6. The lowest BCUT2D eigenvalue weighted by Crippen LogP contribution is -2.05. The summed E-state index contributed by atoms with van der Waals surface area (Å²) in [6.07, 6.45) is 6.21. The van der Waals surface area contributed by atoms with Gasteiger partial charge in [0.05, 0.1) is 4.47 Å². The summed E-state index contributed by atoms with van der Waals surface area (Å²) >= 11 is 3.26. The summed E-state index contributed by atoms with van der Waals surface area (Å²) in [5.41, 5.74) is 1.90. The lowest BCUT2D eigenvalue weighted by molar-refractivity contribution is 0.621. The highest BCUT2D eigenvalue weighted by Crippen LogP contribution is 2.30. The van der Waals surface area contributed by atoms with Crippen LogP contribution in [0.1, 0.15) is 18.4 Å². The van der Waals surface area contributed by atoms with E-state index in [0.717, 1.165) is 30.6 Å². The largest absolute Gasteiger partial charge is 0.385 e. The molecule has 2 rings (SSSR count). The van der Waals surface area contributed by atoms with E-state index in [1.807, 2.05) is 6.08 Å². The minimum Gasteiger partial charge on any atom is -0.385 e. The van der Waals surface area contributed by atoms with Gasteiger partial charge in [0, 0.05) is 17.8 Å². The molecule has 0 aromatic heterocycles. The van der Waals surface area contributed by atoms with E-state index in [-0.39, 0.29) is 5.82 Å². The maximum absolute atomic E-state index is 13.2. The van der Waals surface area contributed by atoms with Crippen molar-refractivity contribution in [1.82, 2.24) is 0 Å². The Balaban J connectivity index is 2.51. The number of allylic oxidation sites excluding steroid dienone is 1. The van der Waals surface area contributed by atoms with Crippen molar-refractivity contribution in [3.05, 3.63) is 34.1 Å². The number of anilines is 1. The first-order valence-corrected chi connectivity index (χ1v) is 5.47. The fourth-order valence-electron chi connectivity index (χ4n) is 1.53. The van der Waals surface area contributed by atoms with E-state index in [1.54, 1.807) is 6.07 Å².